The summed E-state index contributed by atoms with van der Waals surface area (Å²) in [5.74, 6) is 6.39. The highest BCUT2D eigenvalue weighted by atomic mass is 16.5. The lowest BCUT2D eigenvalue weighted by Gasteiger charge is -2.65. The quantitative estimate of drug-likeness (QED) is 0.0351. The first-order valence-corrected chi connectivity index (χ1v) is 20.3. The van der Waals surface area contributed by atoms with Gasteiger partial charge in [-0.05, 0) is 136 Å². The summed E-state index contributed by atoms with van der Waals surface area (Å²) in [5.41, 5.74) is 4.13. The standard InChI is InChI=1S/C46H71NO4/c1-12-14-35(16-13-15-31(2)3)29-50-40(47)27-46-25-21-36(32(4)5)42(46)37-17-18-39-44(10,33(6)19-23-45(39,11)38(37)22-26-46)24-20-34(7)51-41(49)28-43(8,9)30-48/h1,13-14,16,30-34,37-39,47H,15,17-29H2,2-11H3/b16-13-,35-14+,47-40?. The van der Waals surface area contributed by atoms with Gasteiger partial charge in [-0.25, -0.2) is 0 Å². The van der Waals surface area contributed by atoms with Gasteiger partial charge in [0.15, 0.2) is 5.90 Å². The Kier molecular flexibility index (Phi) is 13.4. The van der Waals surface area contributed by atoms with Gasteiger partial charge in [0, 0.05) is 17.3 Å². The first kappa shape index (κ1) is 41.2. The average molecular weight is 702 g/mol. The molecule has 4 aliphatic rings. The highest BCUT2D eigenvalue weighted by Gasteiger charge is 2.62. The smallest absolute Gasteiger partial charge is 0.307 e. The Labute approximate surface area is 311 Å². The van der Waals surface area contributed by atoms with E-state index in [-0.39, 0.29) is 34.7 Å². The van der Waals surface area contributed by atoms with E-state index < -0.39 is 5.41 Å². The van der Waals surface area contributed by atoms with Crippen molar-refractivity contribution in [2.75, 3.05) is 6.61 Å². The molecule has 8 atom stereocenters. The minimum Gasteiger partial charge on any atom is -0.476 e. The van der Waals surface area contributed by atoms with Gasteiger partial charge in [-0.2, -0.15) is 0 Å². The fourth-order valence-electron chi connectivity index (χ4n) is 11.2. The van der Waals surface area contributed by atoms with Crippen LogP contribution in [0.4, 0.5) is 0 Å². The van der Waals surface area contributed by atoms with E-state index in [1.807, 2.05) is 6.92 Å². The fraction of sp³-hybridized carbons (Fsp3) is 0.761. The van der Waals surface area contributed by atoms with Crippen molar-refractivity contribution in [3.05, 3.63) is 34.9 Å². The van der Waals surface area contributed by atoms with Crippen LogP contribution in [0.25, 0.3) is 0 Å². The van der Waals surface area contributed by atoms with Gasteiger partial charge in [0.05, 0.1) is 12.5 Å². The number of carbonyl (C=O) groups is 2. The SMILES string of the molecule is C#C/C=C(\C=C/CC(C)C)COC(=N)CC12CCC(C(C)C)=C1C1CCC3C(C)(CCC(C)OC(=O)CC(C)(C)C=O)C(C)CCC3(C)C1CC2. The first-order valence-electron chi connectivity index (χ1n) is 20.3. The van der Waals surface area contributed by atoms with Crippen LogP contribution in [0.5, 0.6) is 0 Å². The maximum atomic E-state index is 12.7. The summed E-state index contributed by atoms with van der Waals surface area (Å²) >= 11 is 0. The van der Waals surface area contributed by atoms with Gasteiger partial charge >= 0.3 is 5.97 Å². The summed E-state index contributed by atoms with van der Waals surface area (Å²) in [6, 6.07) is 0. The Hall–Kier alpha value is -2.61. The molecule has 0 saturated heterocycles. The molecule has 5 heteroatoms. The summed E-state index contributed by atoms with van der Waals surface area (Å²) in [4.78, 5) is 24.0. The highest BCUT2D eigenvalue weighted by Crippen LogP contribution is 2.70. The van der Waals surface area contributed by atoms with Crippen molar-refractivity contribution >= 4 is 18.2 Å². The summed E-state index contributed by atoms with van der Waals surface area (Å²) in [6.45, 7) is 22.8. The molecule has 284 valence electrons. The molecule has 0 aromatic carbocycles. The Morgan fingerprint density at radius 2 is 1.80 bits per heavy atom. The minimum atomic E-state index is -0.691. The first-order chi connectivity index (χ1) is 23.9. The third-order valence-corrected chi connectivity index (χ3v) is 14.2. The van der Waals surface area contributed by atoms with Crippen molar-refractivity contribution in [3.8, 4) is 12.3 Å². The molecule has 3 saturated carbocycles. The molecular formula is C46H71NO4. The molecule has 4 rings (SSSR count). The number of allylic oxidation sites excluding steroid dienone is 4. The van der Waals surface area contributed by atoms with Gasteiger partial charge < -0.3 is 14.3 Å². The van der Waals surface area contributed by atoms with Crippen LogP contribution in [-0.4, -0.2) is 30.9 Å². The molecule has 8 unspecified atom stereocenters. The van der Waals surface area contributed by atoms with E-state index in [2.05, 4.69) is 66.5 Å². The Bertz CT molecular complexity index is 1410. The summed E-state index contributed by atoms with van der Waals surface area (Å²) in [7, 11) is 0. The second-order valence-electron chi connectivity index (χ2n) is 19.1. The summed E-state index contributed by atoms with van der Waals surface area (Å²) in [5, 5.41) is 9.09. The number of ether oxygens (including phenoxy) is 2. The molecule has 51 heavy (non-hydrogen) atoms. The molecular weight excluding hydrogens is 631 g/mol. The predicted molar refractivity (Wildman–Crippen MR) is 210 cm³/mol. The summed E-state index contributed by atoms with van der Waals surface area (Å²) < 4.78 is 12.0. The number of esters is 1. The maximum Gasteiger partial charge on any atom is 0.307 e. The van der Waals surface area contributed by atoms with E-state index in [9.17, 15) is 9.59 Å². The number of hydrogen-bond acceptors (Lipinski definition) is 5. The molecule has 0 aliphatic heterocycles. The molecule has 0 radical (unpaired) electrons. The second kappa shape index (κ2) is 16.6. The zero-order chi connectivity index (χ0) is 37.8. The topological polar surface area (TPSA) is 76.5 Å². The van der Waals surface area contributed by atoms with Crippen LogP contribution < -0.4 is 0 Å². The van der Waals surface area contributed by atoms with Crippen molar-refractivity contribution in [3.63, 3.8) is 0 Å². The van der Waals surface area contributed by atoms with Crippen LogP contribution in [0.3, 0.4) is 0 Å². The largest absolute Gasteiger partial charge is 0.476 e. The molecule has 0 bridgehead atoms. The van der Waals surface area contributed by atoms with Gasteiger partial charge in [-0.1, -0.05) is 91.5 Å². The zero-order valence-corrected chi connectivity index (χ0v) is 34.0. The van der Waals surface area contributed by atoms with E-state index in [1.165, 1.54) is 32.1 Å². The lowest BCUT2D eigenvalue weighted by Crippen LogP contribution is -2.57. The fourth-order valence-corrected chi connectivity index (χ4v) is 11.2. The van der Waals surface area contributed by atoms with Crippen molar-refractivity contribution < 1.29 is 19.1 Å². The second-order valence-corrected chi connectivity index (χ2v) is 19.1. The predicted octanol–water partition coefficient (Wildman–Crippen LogP) is 11.5. The number of rotatable bonds is 15. The number of carbonyl (C=O) groups excluding carboxylic acids is 2. The molecule has 5 nitrogen and oxygen atoms in total. The van der Waals surface area contributed by atoms with Crippen molar-refractivity contribution in [1.29, 1.82) is 5.41 Å². The molecule has 4 aliphatic carbocycles. The minimum absolute atomic E-state index is 0.0352. The molecule has 3 fully saturated rings. The van der Waals surface area contributed by atoms with Gasteiger partial charge in [-0.3, -0.25) is 10.2 Å². The van der Waals surface area contributed by atoms with Crippen LogP contribution in [0, 0.1) is 74.9 Å². The number of aldehydes is 1. The van der Waals surface area contributed by atoms with E-state index in [0.29, 0.717) is 54.4 Å². The molecule has 1 N–H and O–H groups in total. The maximum absolute atomic E-state index is 12.7. The lowest BCUT2D eigenvalue weighted by molar-refractivity contribution is -0.155. The molecule has 0 amide bonds. The van der Waals surface area contributed by atoms with Crippen molar-refractivity contribution in [2.24, 2.45) is 57.2 Å². The molecule has 0 aromatic heterocycles. The monoisotopic (exact) mass is 702 g/mol. The number of nitrogens with one attached hydrogen (secondary N) is 1. The zero-order valence-electron chi connectivity index (χ0n) is 34.0. The normalized spacial score (nSPS) is 33.0. The Morgan fingerprint density at radius 1 is 1.08 bits per heavy atom. The van der Waals surface area contributed by atoms with E-state index >= 15 is 0 Å². The molecule has 0 aromatic rings. The van der Waals surface area contributed by atoms with Gasteiger partial charge in [-0.15, -0.1) is 6.42 Å². The van der Waals surface area contributed by atoms with Crippen molar-refractivity contribution in [1.82, 2.24) is 0 Å². The number of terminal acetylenes is 1. The molecule has 0 heterocycles. The summed E-state index contributed by atoms with van der Waals surface area (Å²) in [6.07, 6.45) is 25.7. The van der Waals surface area contributed by atoms with Crippen LogP contribution >= 0.6 is 0 Å². The van der Waals surface area contributed by atoms with Crippen LogP contribution in [0.15, 0.2) is 34.9 Å². The average Bonchev–Trinajstić information content (AvgIpc) is 3.44. The third-order valence-electron chi connectivity index (χ3n) is 14.2. The van der Waals surface area contributed by atoms with Crippen LogP contribution in [0.1, 0.15) is 153 Å². The Balaban J connectivity index is 1.51. The van der Waals surface area contributed by atoms with Gasteiger partial charge in [0.25, 0.3) is 0 Å². The van der Waals surface area contributed by atoms with E-state index in [4.69, 9.17) is 21.3 Å². The third kappa shape index (κ3) is 9.13. The van der Waals surface area contributed by atoms with Gasteiger partial charge in [0.2, 0.25) is 0 Å². The number of fused-ring (bicyclic) bond motifs is 5. The van der Waals surface area contributed by atoms with Crippen LogP contribution in [0.2, 0.25) is 0 Å². The van der Waals surface area contributed by atoms with E-state index in [0.717, 1.165) is 50.4 Å². The molecule has 0 spiro atoms. The van der Waals surface area contributed by atoms with Crippen LogP contribution in [-0.2, 0) is 19.1 Å². The number of hydrogen-bond donors (Lipinski definition) is 1. The van der Waals surface area contributed by atoms with Gasteiger partial charge in [0.1, 0.15) is 12.9 Å². The highest BCUT2D eigenvalue weighted by molar-refractivity contribution is 5.76. The lowest BCUT2D eigenvalue weighted by atomic mass is 9.40. The van der Waals surface area contributed by atoms with Crippen molar-refractivity contribution in [2.45, 2.75) is 159 Å². The Morgan fingerprint density at radius 3 is 2.45 bits per heavy atom. The van der Waals surface area contributed by atoms with E-state index in [1.54, 1.807) is 31.1 Å².